The first-order valence-corrected chi connectivity index (χ1v) is 4.11. The van der Waals surface area contributed by atoms with Crippen LogP contribution >= 0.6 is 7.82 Å². The first-order valence-electron chi connectivity index (χ1n) is 2.58. The third-order valence-corrected chi connectivity index (χ3v) is 1.18. The summed E-state index contributed by atoms with van der Waals surface area (Å²) in [4.78, 5) is 20.4. The Hall–Kier alpha value is 0.0300. The van der Waals surface area contributed by atoms with Crippen molar-refractivity contribution in [2.45, 2.75) is 6.42 Å². The molecule has 7 heteroatoms. The Morgan fingerprint density at radius 3 is 2.40 bits per heavy atom. The Labute approximate surface area is 58.1 Å². The van der Waals surface area contributed by atoms with E-state index in [1.165, 1.54) is 0 Å². The molecular formula is C3H10NO5P. The lowest BCUT2D eigenvalue weighted by molar-refractivity contribution is 0.113. The van der Waals surface area contributed by atoms with E-state index in [1.807, 2.05) is 0 Å². The standard InChI is InChI=1S/C3H10NO5P/c4-8-2-1-3-9-10(5,6)7/h1-4H2,(H2,5,6,7). The van der Waals surface area contributed by atoms with Crippen LogP contribution in [0.1, 0.15) is 6.42 Å². The molecule has 0 aliphatic carbocycles. The van der Waals surface area contributed by atoms with Crippen molar-refractivity contribution in [2.24, 2.45) is 5.90 Å². The molecule has 0 aliphatic rings. The predicted molar refractivity (Wildman–Crippen MR) is 32.8 cm³/mol. The number of nitrogens with two attached hydrogens (primary N) is 1. The average Bonchev–Trinajstić information content (AvgIpc) is 1.78. The van der Waals surface area contributed by atoms with Crippen molar-refractivity contribution in [1.29, 1.82) is 0 Å². The molecule has 0 amide bonds. The maximum absolute atomic E-state index is 9.99. The number of hydrogen-bond acceptors (Lipinski definition) is 4. The molecule has 62 valence electrons. The minimum atomic E-state index is -4.30. The van der Waals surface area contributed by atoms with Crippen LogP contribution < -0.4 is 5.90 Å². The van der Waals surface area contributed by atoms with Gasteiger partial charge in [0.1, 0.15) is 0 Å². The van der Waals surface area contributed by atoms with Gasteiger partial charge in [0.15, 0.2) is 0 Å². The number of rotatable bonds is 5. The van der Waals surface area contributed by atoms with E-state index in [2.05, 4.69) is 15.3 Å². The average molecular weight is 171 g/mol. The van der Waals surface area contributed by atoms with Crippen LogP contribution in [0.5, 0.6) is 0 Å². The molecule has 0 rings (SSSR count). The third kappa shape index (κ3) is 8.03. The van der Waals surface area contributed by atoms with Gasteiger partial charge in [-0.1, -0.05) is 0 Å². The van der Waals surface area contributed by atoms with E-state index in [9.17, 15) is 4.57 Å². The van der Waals surface area contributed by atoms with Crippen LogP contribution in [0.2, 0.25) is 0 Å². The zero-order valence-corrected chi connectivity index (χ0v) is 6.16. The molecule has 0 aliphatic heterocycles. The molecule has 0 aromatic rings. The molecule has 0 fully saturated rings. The van der Waals surface area contributed by atoms with Gasteiger partial charge in [-0.05, 0) is 6.42 Å². The summed E-state index contributed by atoms with van der Waals surface area (Å²) in [5, 5.41) is 0. The molecular weight excluding hydrogens is 161 g/mol. The molecule has 0 heterocycles. The molecule has 0 saturated heterocycles. The molecule has 0 aromatic heterocycles. The summed E-state index contributed by atoms with van der Waals surface area (Å²) in [6.07, 6.45) is 0.363. The Morgan fingerprint density at radius 1 is 1.40 bits per heavy atom. The van der Waals surface area contributed by atoms with Crippen molar-refractivity contribution in [1.82, 2.24) is 0 Å². The smallest absolute Gasteiger partial charge is 0.305 e. The van der Waals surface area contributed by atoms with Gasteiger partial charge in [-0.3, -0.25) is 4.52 Å². The second-order valence-corrected chi connectivity index (χ2v) is 2.79. The van der Waals surface area contributed by atoms with Crippen molar-refractivity contribution in [3.05, 3.63) is 0 Å². The molecule has 0 aromatic carbocycles. The summed E-state index contributed by atoms with van der Waals surface area (Å²) >= 11 is 0. The third-order valence-electron chi connectivity index (χ3n) is 0.666. The molecule has 0 unspecified atom stereocenters. The highest BCUT2D eigenvalue weighted by molar-refractivity contribution is 7.46. The highest BCUT2D eigenvalue weighted by atomic mass is 31.2. The number of phosphoric ester groups is 1. The molecule has 4 N–H and O–H groups in total. The fraction of sp³-hybridized carbons (Fsp3) is 1.00. The minimum absolute atomic E-state index is 0.0541. The van der Waals surface area contributed by atoms with Crippen LogP contribution in [-0.4, -0.2) is 23.0 Å². The van der Waals surface area contributed by atoms with Crippen molar-refractivity contribution >= 4 is 7.82 Å². The van der Waals surface area contributed by atoms with Gasteiger partial charge in [0.05, 0.1) is 13.2 Å². The largest absolute Gasteiger partial charge is 0.469 e. The summed E-state index contributed by atoms with van der Waals surface area (Å²) in [6.45, 7) is 0.168. The fourth-order valence-corrected chi connectivity index (χ4v) is 0.693. The van der Waals surface area contributed by atoms with E-state index in [1.54, 1.807) is 0 Å². The Bertz CT molecular complexity index is 122. The van der Waals surface area contributed by atoms with E-state index >= 15 is 0 Å². The molecule has 0 saturated carbocycles. The van der Waals surface area contributed by atoms with Gasteiger partial charge >= 0.3 is 7.82 Å². The SMILES string of the molecule is NOCCCOP(=O)(O)O. The second kappa shape index (κ2) is 4.79. The normalized spacial score (nSPS) is 11.9. The molecule has 6 nitrogen and oxygen atoms in total. The van der Waals surface area contributed by atoms with Gasteiger partial charge in [-0.25, -0.2) is 10.5 Å². The Balaban J connectivity index is 3.13. The summed E-state index contributed by atoms with van der Waals surface area (Å²) in [5.41, 5.74) is 0. The molecule has 0 radical (unpaired) electrons. The van der Waals surface area contributed by atoms with Gasteiger partial charge in [0, 0.05) is 0 Å². The molecule has 0 atom stereocenters. The topological polar surface area (TPSA) is 102 Å². The maximum atomic E-state index is 9.99. The van der Waals surface area contributed by atoms with Gasteiger partial charge in [0.2, 0.25) is 0 Å². The van der Waals surface area contributed by atoms with Crippen LogP contribution in [-0.2, 0) is 13.9 Å². The van der Waals surface area contributed by atoms with Gasteiger partial charge in [-0.2, -0.15) is 0 Å². The van der Waals surface area contributed by atoms with Crippen LogP contribution in [0, 0.1) is 0 Å². The molecule has 0 bridgehead atoms. The van der Waals surface area contributed by atoms with E-state index in [4.69, 9.17) is 9.79 Å². The van der Waals surface area contributed by atoms with E-state index in [0.29, 0.717) is 6.42 Å². The van der Waals surface area contributed by atoms with E-state index < -0.39 is 7.82 Å². The molecule has 10 heavy (non-hydrogen) atoms. The Kier molecular flexibility index (Phi) is 4.80. The number of phosphoric acid groups is 1. The minimum Gasteiger partial charge on any atom is -0.305 e. The van der Waals surface area contributed by atoms with Crippen molar-refractivity contribution in [3.63, 3.8) is 0 Å². The monoisotopic (exact) mass is 171 g/mol. The van der Waals surface area contributed by atoms with Crippen molar-refractivity contribution in [2.75, 3.05) is 13.2 Å². The lowest BCUT2D eigenvalue weighted by atomic mass is 10.5. The first kappa shape index (κ1) is 10.0. The highest BCUT2D eigenvalue weighted by Gasteiger charge is 2.11. The van der Waals surface area contributed by atoms with Gasteiger partial charge in [-0.15, -0.1) is 0 Å². The van der Waals surface area contributed by atoms with Crippen LogP contribution in [0.25, 0.3) is 0 Å². The maximum Gasteiger partial charge on any atom is 0.469 e. The van der Waals surface area contributed by atoms with E-state index in [0.717, 1.165) is 0 Å². The van der Waals surface area contributed by atoms with Gasteiger partial charge < -0.3 is 14.6 Å². The molecule has 0 spiro atoms. The van der Waals surface area contributed by atoms with Crippen molar-refractivity contribution in [3.8, 4) is 0 Å². The van der Waals surface area contributed by atoms with Crippen LogP contribution in [0.4, 0.5) is 0 Å². The quantitative estimate of drug-likeness (QED) is 0.289. The summed E-state index contributed by atoms with van der Waals surface area (Å²) < 4.78 is 14.1. The zero-order chi connectivity index (χ0) is 8.04. The van der Waals surface area contributed by atoms with Crippen LogP contribution in [0.3, 0.4) is 0 Å². The lowest BCUT2D eigenvalue weighted by Crippen LogP contribution is -2.03. The Morgan fingerprint density at radius 2 is 2.00 bits per heavy atom. The highest BCUT2D eigenvalue weighted by Crippen LogP contribution is 2.35. The second-order valence-electron chi connectivity index (χ2n) is 1.55. The first-order chi connectivity index (χ1) is 4.56. The van der Waals surface area contributed by atoms with Gasteiger partial charge in [0.25, 0.3) is 0 Å². The van der Waals surface area contributed by atoms with Crippen LogP contribution in [0.15, 0.2) is 0 Å². The lowest BCUT2D eigenvalue weighted by Gasteiger charge is -2.02. The predicted octanol–water partition coefficient (Wildman–Crippen LogP) is -0.624. The number of hydrogen-bond donors (Lipinski definition) is 3. The van der Waals surface area contributed by atoms with Crippen molar-refractivity contribution < 1.29 is 23.7 Å². The fourth-order valence-electron chi connectivity index (χ4n) is 0.326. The summed E-state index contributed by atoms with van der Waals surface area (Å²) in [7, 11) is -4.30. The summed E-state index contributed by atoms with van der Waals surface area (Å²) in [6, 6.07) is 0. The summed E-state index contributed by atoms with van der Waals surface area (Å²) in [5.74, 6) is 4.63. The zero-order valence-electron chi connectivity index (χ0n) is 5.27. The van der Waals surface area contributed by atoms with E-state index in [-0.39, 0.29) is 13.2 Å².